The summed E-state index contributed by atoms with van der Waals surface area (Å²) in [7, 11) is 0. The number of aryl methyl sites for hydroxylation is 1. The van der Waals surface area contributed by atoms with Crippen molar-refractivity contribution in [1.82, 2.24) is 34.6 Å². The average molecular weight is 507 g/mol. The van der Waals surface area contributed by atoms with Crippen molar-refractivity contribution in [3.05, 3.63) is 72.4 Å². The number of hydrogen-bond acceptors (Lipinski definition) is 7. The number of aliphatic hydroxyl groups is 1. The molecule has 1 fully saturated rings. The van der Waals surface area contributed by atoms with Crippen LogP contribution in [-0.4, -0.2) is 45.9 Å². The molecule has 6 rings (SSSR count). The van der Waals surface area contributed by atoms with Gasteiger partial charge in [0.25, 0.3) is 0 Å². The van der Waals surface area contributed by atoms with E-state index in [0.29, 0.717) is 52.5 Å². The maximum Gasteiger partial charge on any atom is 0.408 e. The standard InChI is InChI=1S/C25H20F3N7O2/c1-15-2-7-22(33-32-15)37-17-3-6-21-18(11-30-35(21)13-17)20-5-4-19(24(36)8-9-24)23(31-20)16-10-29-34(12-16)14-25(26,27)28/h2-7,10-13,36H,8-9,14H2,1H3. The molecule has 0 saturated heterocycles. The summed E-state index contributed by atoms with van der Waals surface area (Å²) in [6.07, 6.45) is 2.69. The number of halogens is 3. The van der Waals surface area contributed by atoms with Gasteiger partial charge in [-0.3, -0.25) is 4.68 Å². The first-order chi connectivity index (χ1) is 17.7. The smallest absolute Gasteiger partial charge is 0.408 e. The Balaban J connectivity index is 1.36. The minimum absolute atomic E-state index is 0.350. The normalized spacial score (nSPS) is 14.7. The Morgan fingerprint density at radius 3 is 2.57 bits per heavy atom. The lowest BCUT2D eigenvalue weighted by Gasteiger charge is -2.14. The summed E-state index contributed by atoms with van der Waals surface area (Å²) in [6, 6.07) is 10.7. The Hall–Kier alpha value is -4.32. The van der Waals surface area contributed by atoms with E-state index in [1.165, 1.54) is 12.4 Å². The first-order valence-electron chi connectivity index (χ1n) is 11.5. The van der Waals surface area contributed by atoms with Gasteiger partial charge in [-0.2, -0.15) is 28.5 Å². The predicted molar refractivity (Wildman–Crippen MR) is 126 cm³/mol. The third kappa shape index (κ3) is 4.62. The second kappa shape index (κ2) is 8.37. The molecule has 1 saturated carbocycles. The van der Waals surface area contributed by atoms with Crippen LogP contribution in [-0.2, 0) is 12.1 Å². The lowest BCUT2D eigenvalue weighted by Crippen LogP contribution is -2.17. The number of pyridine rings is 2. The fourth-order valence-corrected chi connectivity index (χ4v) is 4.13. The molecule has 0 radical (unpaired) electrons. The molecule has 5 aromatic heterocycles. The molecule has 188 valence electrons. The van der Waals surface area contributed by atoms with E-state index in [9.17, 15) is 18.3 Å². The molecule has 37 heavy (non-hydrogen) atoms. The van der Waals surface area contributed by atoms with Crippen LogP contribution in [0.1, 0.15) is 24.1 Å². The summed E-state index contributed by atoms with van der Waals surface area (Å²) in [4.78, 5) is 4.75. The number of alkyl halides is 3. The fourth-order valence-electron chi connectivity index (χ4n) is 4.13. The quantitative estimate of drug-likeness (QED) is 0.356. The van der Waals surface area contributed by atoms with Crippen LogP contribution >= 0.6 is 0 Å². The zero-order valence-electron chi connectivity index (χ0n) is 19.5. The molecule has 0 amide bonds. The molecule has 5 heterocycles. The largest absolute Gasteiger partial charge is 0.436 e. The zero-order chi connectivity index (χ0) is 25.8. The molecule has 0 aliphatic heterocycles. The summed E-state index contributed by atoms with van der Waals surface area (Å²) < 4.78 is 46.8. The van der Waals surface area contributed by atoms with E-state index < -0.39 is 18.3 Å². The third-order valence-electron chi connectivity index (χ3n) is 6.13. The summed E-state index contributed by atoms with van der Waals surface area (Å²) in [5, 5.41) is 27.0. The Kier molecular flexibility index (Phi) is 5.23. The van der Waals surface area contributed by atoms with Crippen LogP contribution in [0.4, 0.5) is 13.2 Å². The van der Waals surface area contributed by atoms with Crippen molar-refractivity contribution >= 4 is 5.52 Å². The van der Waals surface area contributed by atoms with Gasteiger partial charge in [-0.05, 0) is 44.0 Å². The zero-order valence-corrected chi connectivity index (χ0v) is 19.5. The van der Waals surface area contributed by atoms with Crippen LogP contribution in [0.15, 0.2) is 61.2 Å². The van der Waals surface area contributed by atoms with Crippen molar-refractivity contribution < 1.29 is 23.0 Å². The second-order valence-corrected chi connectivity index (χ2v) is 9.03. The molecule has 12 heteroatoms. The summed E-state index contributed by atoms with van der Waals surface area (Å²) in [6.45, 7) is 0.624. The van der Waals surface area contributed by atoms with Gasteiger partial charge >= 0.3 is 6.18 Å². The molecule has 1 aliphatic rings. The Morgan fingerprint density at radius 2 is 1.84 bits per heavy atom. The lowest BCUT2D eigenvalue weighted by atomic mass is 10.0. The maximum absolute atomic E-state index is 12.9. The molecular weight excluding hydrogens is 487 g/mol. The first kappa shape index (κ1) is 23.1. The second-order valence-electron chi connectivity index (χ2n) is 9.03. The third-order valence-corrected chi connectivity index (χ3v) is 6.13. The highest BCUT2D eigenvalue weighted by molar-refractivity contribution is 5.80. The number of aromatic nitrogens is 7. The highest BCUT2D eigenvalue weighted by atomic mass is 19.4. The molecule has 0 atom stereocenters. The number of fused-ring (bicyclic) bond motifs is 1. The van der Waals surface area contributed by atoms with Crippen molar-refractivity contribution in [2.24, 2.45) is 0 Å². The summed E-state index contributed by atoms with van der Waals surface area (Å²) >= 11 is 0. The van der Waals surface area contributed by atoms with E-state index in [2.05, 4.69) is 20.4 Å². The SMILES string of the molecule is Cc1ccc(Oc2ccc3c(-c4ccc(C5(O)CC5)c(-c5cnn(CC(F)(F)F)c5)n4)cnn3c2)nn1. The van der Waals surface area contributed by atoms with Gasteiger partial charge in [0.05, 0.1) is 46.8 Å². The fraction of sp³-hybridized carbons (Fsp3) is 0.240. The molecule has 1 N–H and O–H groups in total. The minimum Gasteiger partial charge on any atom is -0.436 e. The molecule has 1 aliphatic carbocycles. The Bertz CT molecular complexity index is 1610. The highest BCUT2D eigenvalue weighted by Gasteiger charge is 2.44. The van der Waals surface area contributed by atoms with E-state index in [1.807, 2.05) is 13.0 Å². The molecule has 0 unspecified atom stereocenters. The average Bonchev–Trinajstić information content (AvgIpc) is 3.25. The molecular formula is C25H20F3N7O2. The summed E-state index contributed by atoms with van der Waals surface area (Å²) in [5.74, 6) is 0.862. The van der Waals surface area contributed by atoms with Gasteiger partial charge in [0, 0.05) is 29.0 Å². The molecule has 0 bridgehead atoms. The lowest BCUT2D eigenvalue weighted by molar-refractivity contribution is -0.142. The van der Waals surface area contributed by atoms with Crippen molar-refractivity contribution in [2.75, 3.05) is 0 Å². The van der Waals surface area contributed by atoms with Gasteiger partial charge < -0.3 is 9.84 Å². The van der Waals surface area contributed by atoms with Gasteiger partial charge in [-0.25, -0.2) is 9.50 Å². The highest BCUT2D eigenvalue weighted by Crippen LogP contribution is 2.48. The topological polar surface area (TPSA) is 103 Å². The molecule has 0 aromatic carbocycles. The first-order valence-corrected chi connectivity index (χ1v) is 11.5. The molecule has 5 aromatic rings. The van der Waals surface area contributed by atoms with E-state index in [4.69, 9.17) is 9.72 Å². The maximum atomic E-state index is 12.9. The monoisotopic (exact) mass is 507 g/mol. The Labute approximate surface area is 208 Å². The molecule has 9 nitrogen and oxygen atoms in total. The summed E-state index contributed by atoms with van der Waals surface area (Å²) in [5.41, 5.74) is 3.09. The van der Waals surface area contributed by atoms with Crippen LogP contribution in [0.3, 0.4) is 0 Å². The predicted octanol–water partition coefficient (Wildman–Crippen LogP) is 4.69. The van der Waals surface area contributed by atoms with Crippen molar-refractivity contribution in [3.63, 3.8) is 0 Å². The van der Waals surface area contributed by atoms with Gasteiger partial charge in [0.1, 0.15) is 12.3 Å². The number of hydrogen-bond donors (Lipinski definition) is 1. The van der Waals surface area contributed by atoms with Gasteiger partial charge in [-0.1, -0.05) is 6.07 Å². The molecule has 0 spiro atoms. The number of ether oxygens (including phenoxy) is 1. The van der Waals surface area contributed by atoms with Gasteiger partial charge in [0.15, 0.2) is 0 Å². The van der Waals surface area contributed by atoms with E-state index in [0.717, 1.165) is 15.9 Å². The van der Waals surface area contributed by atoms with Crippen molar-refractivity contribution in [1.29, 1.82) is 0 Å². The number of nitrogens with zero attached hydrogens (tertiary/aromatic N) is 7. The van der Waals surface area contributed by atoms with Crippen LogP contribution in [0.5, 0.6) is 11.6 Å². The van der Waals surface area contributed by atoms with Crippen LogP contribution < -0.4 is 4.74 Å². The van der Waals surface area contributed by atoms with Crippen LogP contribution in [0, 0.1) is 6.92 Å². The van der Waals surface area contributed by atoms with Gasteiger partial charge in [-0.15, -0.1) is 5.10 Å². The minimum atomic E-state index is -4.40. The van der Waals surface area contributed by atoms with E-state index in [-0.39, 0.29) is 0 Å². The van der Waals surface area contributed by atoms with E-state index >= 15 is 0 Å². The Morgan fingerprint density at radius 1 is 1.00 bits per heavy atom. The number of rotatable bonds is 6. The van der Waals surface area contributed by atoms with Crippen LogP contribution in [0.2, 0.25) is 0 Å². The van der Waals surface area contributed by atoms with Gasteiger partial charge in [0.2, 0.25) is 5.88 Å². The van der Waals surface area contributed by atoms with Crippen molar-refractivity contribution in [3.8, 4) is 34.1 Å². The van der Waals surface area contributed by atoms with Crippen LogP contribution in [0.25, 0.3) is 28.0 Å². The van der Waals surface area contributed by atoms with Crippen molar-refractivity contribution in [2.45, 2.75) is 38.1 Å². The van der Waals surface area contributed by atoms with E-state index in [1.54, 1.807) is 47.2 Å².